The highest BCUT2D eigenvalue weighted by Crippen LogP contribution is 2.27. The van der Waals surface area contributed by atoms with Gasteiger partial charge < -0.3 is 15.2 Å². The molecule has 0 aromatic heterocycles. The predicted molar refractivity (Wildman–Crippen MR) is 89.9 cm³/mol. The summed E-state index contributed by atoms with van der Waals surface area (Å²) in [5.41, 5.74) is 0.189. The molecule has 25 heavy (non-hydrogen) atoms. The van der Waals surface area contributed by atoms with E-state index in [1.807, 2.05) is 0 Å². The van der Waals surface area contributed by atoms with Crippen molar-refractivity contribution in [3.63, 3.8) is 0 Å². The van der Waals surface area contributed by atoms with E-state index in [2.05, 4.69) is 5.32 Å². The number of halogens is 1. The number of aryl methyl sites for hydroxylation is 1. The Morgan fingerprint density at radius 2 is 2.00 bits per heavy atom. The Balaban J connectivity index is 2.03. The van der Waals surface area contributed by atoms with Crippen LogP contribution in [0.15, 0.2) is 36.4 Å². The Labute approximate surface area is 147 Å². The van der Waals surface area contributed by atoms with E-state index in [0.29, 0.717) is 0 Å². The standard InChI is InChI=1S/C16H13ClN2O6/c1-9-2-5-14(20)11(6-9)16(22)25-8-15(21)18-12-4-3-10(17)7-13(12)19(23)24/h2-7,20H,8H2,1H3,(H,18,21). The number of ether oxygens (including phenoxy) is 1. The van der Waals surface area contributed by atoms with Gasteiger partial charge in [0.1, 0.15) is 17.0 Å². The number of hydrogen-bond acceptors (Lipinski definition) is 6. The largest absolute Gasteiger partial charge is 0.507 e. The van der Waals surface area contributed by atoms with Crippen LogP contribution < -0.4 is 5.32 Å². The van der Waals surface area contributed by atoms with Crippen LogP contribution in [0.2, 0.25) is 5.02 Å². The normalized spacial score (nSPS) is 10.2. The zero-order chi connectivity index (χ0) is 18.6. The van der Waals surface area contributed by atoms with Crippen molar-refractivity contribution in [3.05, 3.63) is 62.7 Å². The van der Waals surface area contributed by atoms with E-state index in [1.54, 1.807) is 13.0 Å². The monoisotopic (exact) mass is 364 g/mol. The summed E-state index contributed by atoms with van der Waals surface area (Å²) >= 11 is 5.69. The van der Waals surface area contributed by atoms with E-state index in [4.69, 9.17) is 16.3 Å². The number of nitrogens with zero attached hydrogens (tertiary/aromatic N) is 1. The van der Waals surface area contributed by atoms with Crippen LogP contribution in [-0.2, 0) is 9.53 Å². The van der Waals surface area contributed by atoms with Crippen LogP contribution in [0.5, 0.6) is 5.75 Å². The average Bonchev–Trinajstić information content (AvgIpc) is 2.56. The number of amides is 1. The number of esters is 1. The number of carbonyl (C=O) groups excluding carboxylic acids is 2. The van der Waals surface area contributed by atoms with Crippen LogP contribution in [0.4, 0.5) is 11.4 Å². The van der Waals surface area contributed by atoms with Gasteiger partial charge in [0, 0.05) is 11.1 Å². The number of rotatable bonds is 5. The van der Waals surface area contributed by atoms with Crippen molar-refractivity contribution in [1.29, 1.82) is 0 Å². The highest BCUT2D eigenvalue weighted by atomic mass is 35.5. The maximum Gasteiger partial charge on any atom is 0.342 e. The summed E-state index contributed by atoms with van der Waals surface area (Å²) in [6.45, 7) is 1.05. The molecule has 2 aromatic rings. The first-order chi connectivity index (χ1) is 11.8. The Hall–Kier alpha value is -3.13. The second-order valence-electron chi connectivity index (χ2n) is 5.06. The SMILES string of the molecule is Cc1ccc(O)c(C(=O)OCC(=O)Nc2ccc(Cl)cc2[N+](=O)[O-])c1. The van der Waals surface area contributed by atoms with Crippen molar-refractivity contribution in [2.75, 3.05) is 11.9 Å². The summed E-state index contributed by atoms with van der Waals surface area (Å²) in [6.07, 6.45) is 0. The number of nitrogens with one attached hydrogen (secondary N) is 1. The maximum absolute atomic E-state index is 11.9. The Bertz CT molecular complexity index is 853. The molecule has 8 nitrogen and oxygen atoms in total. The molecule has 1 amide bonds. The van der Waals surface area contributed by atoms with Crippen LogP contribution >= 0.6 is 11.6 Å². The van der Waals surface area contributed by atoms with E-state index < -0.39 is 23.4 Å². The number of nitro benzene ring substituents is 1. The molecule has 0 bridgehead atoms. The smallest absolute Gasteiger partial charge is 0.342 e. The second-order valence-corrected chi connectivity index (χ2v) is 5.50. The Morgan fingerprint density at radius 1 is 1.28 bits per heavy atom. The number of carbonyl (C=O) groups is 2. The lowest BCUT2D eigenvalue weighted by atomic mass is 10.1. The van der Waals surface area contributed by atoms with Crippen LogP contribution in [0.25, 0.3) is 0 Å². The molecule has 2 N–H and O–H groups in total. The minimum Gasteiger partial charge on any atom is -0.507 e. The molecule has 0 saturated heterocycles. The molecule has 2 rings (SSSR count). The topological polar surface area (TPSA) is 119 Å². The molecule has 0 heterocycles. The van der Waals surface area contributed by atoms with Crippen molar-refractivity contribution in [3.8, 4) is 5.75 Å². The first-order valence-electron chi connectivity index (χ1n) is 6.98. The van der Waals surface area contributed by atoms with Crippen molar-refractivity contribution >= 4 is 34.9 Å². The van der Waals surface area contributed by atoms with Gasteiger partial charge in [-0.3, -0.25) is 14.9 Å². The van der Waals surface area contributed by atoms with Gasteiger partial charge in [0.05, 0.1) is 4.92 Å². The molecular weight excluding hydrogens is 352 g/mol. The van der Waals surface area contributed by atoms with Crippen molar-refractivity contribution in [2.24, 2.45) is 0 Å². The van der Waals surface area contributed by atoms with Crippen molar-refractivity contribution in [1.82, 2.24) is 0 Å². The fourth-order valence-corrected chi connectivity index (χ4v) is 2.14. The summed E-state index contributed by atoms with van der Waals surface area (Å²) in [4.78, 5) is 34.0. The maximum atomic E-state index is 11.9. The molecule has 0 aliphatic rings. The van der Waals surface area contributed by atoms with Gasteiger partial charge >= 0.3 is 5.97 Å². The molecule has 0 saturated carbocycles. The molecule has 2 aromatic carbocycles. The average molecular weight is 365 g/mol. The number of benzene rings is 2. The van der Waals surface area contributed by atoms with E-state index in [0.717, 1.165) is 11.6 Å². The first kappa shape index (κ1) is 18.2. The van der Waals surface area contributed by atoms with Crippen LogP contribution in [0, 0.1) is 17.0 Å². The number of phenolic OH excluding ortho intramolecular Hbond substituents is 1. The number of aromatic hydroxyl groups is 1. The Kier molecular flexibility index (Phi) is 5.56. The fraction of sp³-hybridized carbons (Fsp3) is 0.125. The zero-order valence-corrected chi connectivity index (χ0v) is 13.7. The number of anilines is 1. The number of hydrogen-bond donors (Lipinski definition) is 2. The van der Waals surface area contributed by atoms with Crippen molar-refractivity contribution < 1.29 is 24.4 Å². The lowest BCUT2D eigenvalue weighted by Crippen LogP contribution is -2.21. The van der Waals surface area contributed by atoms with Gasteiger partial charge in [0.15, 0.2) is 6.61 Å². The molecule has 130 valence electrons. The van der Waals surface area contributed by atoms with Gasteiger partial charge in [-0.15, -0.1) is 0 Å². The number of nitro groups is 1. The van der Waals surface area contributed by atoms with Gasteiger partial charge in [-0.05, 0) is 31.2 Å². The molecule has 9 heteroatoms. The van der Waals surface area contributed by atoms with E-state index in [-0.39, 0.29) is 27.7 Å². The van der Waals surface area contributed by atoms with Crippen molar-refractivity contribution in [2.45, 2.75) is 6.92 Å². The minimum atomic E-state index is -0.887. The molecular formula is C16H13ClN2O6. The molecule has 0 fully saturated rings. The van der Waals surface area contributed by atoms with E-state index in [9.17, 15) is 24.8 Å². The summed E-state index contributed by atoms with van der Waals surface area (Å²) in [5.74, 6) is -1.93. The molecule has 0 radical (unpaired) electrons. The zero-order valence-electron chi connectivity index (χ0n) is 13.0. The van der Waals surface area contributed by atoms with Crippen LogP contribution in [0.3, 0.4) is 0 Å². The molecule has 0 aliphatic carbocycles. The second kappa shape index (κ2) is 7.63. The van der Waals surface area contributed by atoms with Crippen LogP contribution in [-0.4, -0.2) is 28.5 Å². The van der Waals surface area contributed by atoms with E-state index >= 15 is 0 Å². The third-order valence-corrected chi connectivity index (χ3v) is 3.37. The highest BCUT2D eigenvalue weighted by Gasteiger charge is 2.18. The van der Waals surface area contributed by atoms with Crippen LogP contribution in [0.1, 0.15) is 15.9 Å². The van der Waals surface area contributed by atoms with Gasteiger partial charge in [0.25, 0.3) is 11.6 Å². The predicted octanol–water partition coefficient (Wildman–Crippen LogP) is 3.06. The summed E-state index contributed by atoms with van der Waals surface area (Å²) in [7, 11) is 0. The Morgan fingerprint density at radius 3 is 2.68 bits per heavy atom. The van der Waals surface area contributed by atoms with E-state index in [1.165, 1.54) is 24.3 Å². The van der Waals surface area contributed by atoms with Gasteiger partial charge in [0.2, 0.25) is 0 Å². The highest BCUT2D eigenvalue weighted by molar-refractivity contribution is 6.31. The summed E-state index contributed by atoms with van der Waals surface area (Å²) in [6, 6.07) is 8.10. The third kappa shape index (κ3) is 4.67. The number of phenols is 1. The van der Waals surface area contributed by atoms with Gasteiger partial charge in [-0.2, -0.15) is 0 Å². The minimum absolute atomic E-state index is 0.0751. The lowest BCUT2D eigenvalue weighted by Gasteiger charge is -2.08. The molecule has 0 aliphatic heterocycles. The molecule has 0 unspecified atom stereocenters. The first-order valence-corrected chi connectivity index (χ1v) is 7.36. The third-order valence-electron chi connectivity index (χ3n) is 3.14. The quantitative estimate of drug-likeness (QED) is 0.478. The molecule has 0 atom stereocenters. The van der Waals surface area contributed by atoms with Gasteiger partial charge in [-0.1, -0.05) is 23.2 Å². The van der Waals surface area contributed by atoms with Gasteiger partial charge in [-0.25, -0.2) is 4.79 Å². The summed E-state index contributed by atoms with van der Waals surface area (Å²) < 4.78 is 4.82. The molecule has 0 spiro atoms. The lowest BCUT2D eigenvalue weighted by molar-refractivity contribution is -0.383. The summed E-state index contributed by atoms with van der Waals surface area (Å²) in [5, 5.41) is 23.0. The fourth-order valence-electron chi connectivity index (χ4n) is 1.97.